The van der Waals surface area contributed by atoms with Gasteiger partial charge in [-0.3, -0.25) is 14.3 Å². The Labute approximate surface area is 179 Å². The molecule has 0 radical (unpaired) electrons. The van der Waals surface area contributed by atoms with Crippen LogP contribution in [0.4, 0.5) is 5.82 Å². The average Bonchev–Trinajstić information content (AvgIpc) is 3.24. The maximum absolute atomic E-state index is 13.3. The number of benzene rings is 3. The third-order valence-corrected chi connectivity index (χ3v) is 5.54. The molecule has 1 aromatic heterocycles. The van der Waals surface area contributed by atoms with Crippen molar-refractivity contribution in [2.75, 3.05) is 31.6 Å². The molecule has 2 heterocycles. The first-order valence-corrected chi connectivity index (χ1v) is 10.3. The molecule has 0 spiro atoms. The first-order valence-electron chi connectivity index (χ1n) is 10.3. The number of carbonyl (C=O) groups excluding carboxylic acids is 2. The monoisotopic (exact) mass is 414 g/mol. The van der Waals surface area contributed by atoms with Crippen LogP contribution < -0.4 is 5.32 Å². The summed E-state index contributed by atoms with van der Waals surface area (Å²) in [7, 11) is 0. The lowest BCUT2D eigenvalue weighted by Gasteiger charge is -2.26. The summed E-state index contributed by atoms with van der Waals surface area (Å²) in [4.78, 5) is 27.5. The number of amides is 2. The van der Waals surface area contributed by atoms with Crippen LogP contribution in [-0.4, -0.2) is 52.8 Å². The Hall–Kier alpha value is -3.71. The van der Waals surface area contributed by atoms with E-state index in [0.29, 0.717) is 37.7 Å². The predicted octanol–water partition coefficient (Wildman–Crippen LogP) is 3.30. The molecule has 1 N–H and O–H groups in total. The molecule has 1 fully saturated rings. The summed E-state index contributed by atoms with van der Waals surface area (Å²) < 4.78 is 6.84. The van der Waals surface area contributed by atoms with Gasteiger partial charge in [-0.25, -0.2) is 0 Å². The molecular formula is C24H22N4O3. The highest BCUT2D eigenvalue weighted by Gasteiger charge is 2.19. The van der Waals surface area contributed by atoms with Crippen LogP contribution in [0.1, 0.15) is 10.4 Å². The van der Waals surface area contributed by atoms with Crippen LogP contribution in [0, 0.1) is 0 Å². The number of nitrogens with one attached hydrogen (secondary N) is 1. The molecule has 0 aliphatic carbocycles. The third-order valence-electron chi connectivity index (χ3n) is 5.54. The fourth-order valence-electron chi connectivity index (χ4n) is 4.00. The van der Waals surface area contributed by atoms with E-state index < -0.39 is 0 Å². The highest BCUT2D eigenvalue weighted by atomic mass is 16.5. The van der Waals surface area contributed by atoms with Crippen LogP contribution in [-0.2, 0) is 16.1 Å². The largest absolute Gasteiger partial charge is 0.378 e. The van der Waals surface area contributed by atoms with Crippen LogP contribution in [0.3, 0.4) is 0 Å². The third kappa shape index (κ3) is 3.87. The van der Waals surface area contributed by atoms with Crippen LogP contribution in [0.25, 0.3) is 21.5 Å². The molecule has 156 valence electrons. The zero-order valence-corrected chi connectivity index (χ0v) is 17.0. The number of morpholine rings is 1. The second-order valence-electron chi connectivity index (χ2n) is 7.54. The first kappa shape index (κ1) is 19.3. The van der Waals surface area contributed by atoms with Crippen LogP contribution in [0.15, 0.2) is 66.9 Å². The van der Waals surface area contributed by atoms with E-state index in [-0.39, 0.29) is 18.4 Å². The Kier molecular flexibility index (Phi) is 5.09. The quantitative estimate of drug-likeness (QED) is 0.520. The molecule has 1 aliphatic heterocycles. The number of anilines is 1. The van der Waals surface area contributed by atoms with E-state index in [4.69, 9.17) is 4.74 Å². The highest BCUT2D eigenvalue weighted by molar-refractivity contribution is 6.21. The average molecular weight is 414 g/mol. The van der Waals surface area contributed by atoms with E-state index >= 15 is 0 Å². The van der Waals surface area contributed by atoms with Gasteiger partial charge in [0.15, 0.2) is 5.82 Å². The molecule has 7 nitrogen and oxygen atoms in total. The summed E-state index contributed by atoms with van der Waals surface area (Å²) in [6.45, 7) is 2.44. The maximum Gasteiger partial charge on any atom is 0.258 e. The molecular weight excluding hydrogens is 392 g/mol. The van der Waals surface area contributed by atoms with Crippen molar-refractivity contribution in [1.29, 1.82) is 0 Å². The molecule has 5 rings (SSSR count). The second-order valence-corrected chi connectivity index (χ2v) is 7.54. The lowest BCUT2D eigenvalue weighted by Crippen LogP contribution is -2.42. The van der Waals surface area contributed by atoms with Gasteiger partial charge in [0.25, 0.3) is 5.91 Å². The lowest BCUT2D eigenvalue weighted by molar-refractivity contribution is -0.136. The summed E-state index contributed by atoms with van der Waals surface area (Å²) in [6.07, 6.45) is 1.70. The molecule has 0 atom stereocenters. The zero-order chi connectivity index (χ0) is 21.2. The van der Waals surface area contributed by atoms with E-state index in [1.165, 1.54) is 0 Å². The second kappa shape index (κ2) is 8.20. The Morgan fingerprint density at radius 2 is 1.58 bits per heavy atom. The minimum absolute atomic E-state index is 0.00989. The van der Waals surface area contributed by atoms with Crippen molar-refractivity contribution in [3.05, 3.63) is 72.4 Å². The molecule has 1 saturated heterocycles. The summed E-state index contributed by atoms with van der Waals surface area (Å²) in [5, 5.41) is 11.1. The van der Waals surface area contributed by atoms with Gasteiger partial charge in [-0.15, -0.1) is 0 Å². The smallest absolute Gasteiger partial charge is 0.258 e. The molecule has 0 unspecified atom stereocenters. The van der Waals surface area contributed by atoms with Gasteiger partial charge in [0.1, 0.15) is 6.54 Å². The molecule has 1 aliphatic rings. The van der Waals surface area contributed by atoms with Gasteiger partial charge in [0, 0.05) is 25.4 Å². The van der Waals surface area contributed by atoms with Crippen molar-refractivity contribution < 1.29 is 14.3 Å². The topological polar surface area (TPSA) is 76.5 Å². The molecule has 7 heteroatoms. The van der Waals surface area contributed by atoms with Crippen LogP contribution in [0.5, 0.6) is 0 Å². The van der Waals surface area contributed by atoms with E-state index in [9.17, 15) is 9.59 Å². The predicted molar refractivity (Wildman–Crippen MR) is 119 cm³/mol. The van der Waals surface area contributed by atoms with Crippen LogP contribution >= 0.6 is 0 Å². The van der Waals surface area contributed by atoms with Gasteiger partial charge in [-0.1, -0.05) is 48.5 Å². The van der Waals surface area contributed by atoms with Gasteiger partial charge in [-0.05, 0) is 27.6 Å². The SMILES string of the molecule is O=C(Nc1ccn(CC(=O)N2CCOCC2)n1)c1c2ccccc2cc2ccccc12. The fraction of sp³-hybridized carbons (Fsp3) is 0.208. The van der Waals surface area contributed by atoms with Crippen molar-refractivity contribution in [2.45, 2.75) is 6.54 Å². The first-order chi connectivity index (χ1) is 15.2. The summed E-state index contributed by atoms with van der Waals surface area (Å²) in [6, 6.07) is 19.5. The molecule has 4 aromatic rings. The number of fused-ring (bicyclic) bond motifs is 2. The Bertz CT molecular complexity index is 1220. The normalized spacial score (nSPS) is 14.1. The van der Waals surface area contributed by atoms with Gasteiger partial charge in [0.2, 0.25) is 5.91 Å². The van der Waals surface area contributed by atoms with Crippen molar-refractivity contribution in [1.82, 2.24) is 14.7 Å². The van der Waals surface area contributed by atoms with Gasteiger partial charge in [-0.2, -0.15) is 5.10 Å². The zero-order valence-electron chi connectivity index (χ0n) is 17.0. The highest BCUT2D eigenvalue weighted by Crippen LogP contribution is 2.29. The lowest BCUT2D eigenvalue weighted by atomic mass is 9.96. The van der Waals surface area contributed by atoms with Crippen molar-refractivity contribution in [3.63, 3.8) is 0 Å². The summed E-state index contributed by atoms with van der Waals surface area (Å²) >= 11 is 0. The minimum atomic E-state index is -0.224. The number of hydrogen-bond acceptors (Lipinski definition) is 4. The summed E-state index contributed by atoms with van der Waals surface area (Å²) in [5.41, 5.74) is 0.618. The number of carbonyl (C=O) groups is 2. The van der Waals surface area contributed by atoms with Crippen LogP contribution in [0.2, 0.25) is 0 Å². The van der Waals surface area contributed by atoms with Crippen molar-refractivity contribution in [3.8, 4) is 0 Å². The minimum Gasteiger partial charge on any atom is -0.378 e. The fourth-order valence-corrected chi connectivity index (χ4v) is 4.00. The van der Waals surface area contributed by atoms with Gasteiger partial charge < -0.3 is 15.0 Å². The van der Waals surface area contributed by atoms with Gasteiger partial charge in [0.05, 0.1) is 18.8 Å². The van der Waals surface area contributed by atoms with Gasteiger partial charge >= 0.3 is 0 Å². The number of ether oxygens (including phenoxy) is 1. The number of hydrogen-bond donors (Lipinski definition) is 1. The molecule has 0 bridgehead atoms. The summed E-state index contributed by atoms with van der Waals surface area (Å²) in [5.74, 6) is 0.180. The van der Waals surface area contributed by atoms with E-state index in [1.807, 2.05) is 48.5 Å². The number of nitrogens with zero attached hydrogens (tertiary/aromatic N) is 3. The molecule has 0 saturated carbocycles. The molecule has 31 heavy (non-hydrogen) atoms. The van der Waals surface area contributed by atoms with E-state index in [2.05, 4.69) is 16.5 Å². The number of rotatable bonds is 4. The Morgan fingerprint density at radius 1 is 0.935 bits per heavy atom. The standard InChI is InChI=1S/C24H22N4O3/c29-22(27-11-13-31-14-12-27)16-28-10-9-21(26-28)25-24(30)23-19-7-3-1-5-17(19)15-18-6-2-4-8-20(18)23/h1-10,15H,11-14,16H2,(H,25,26,30). The molecule has 2 amide bonds. The van der Waals surface area contributed by atoms with Crippen molar-refractivity contribution >= 4 is 39.2 Å². The Morgan fingerprint density at radius 3 is 2.26 bits per heavy atom. The van der Waals surface area contributed by atoms with E-state index in [0.717, 1.165) is 21.5 Å². The maximum atomic E-state index is 13.3. The Balaban J connectivity index is 1.39. The van der Waals surface area contributed by atoms with Crippen molar-refractivity contribution in [2.24, 2.45) is 0 Å². The van der Waals surface area contributed by atoms with E-state index in [1.54, 1.807) is 21.8 Å². The molecule has 3 aromatic carbocycles. The number of aromatic nitrogens is 2.